The average molecular weight is 366 g/mol. The minimum absolute atomic E-state index is 0.0206. The first-order valence-corrected chi connectivity index (χ1v) is 9.52. The van der Waals surface area contributed by atoms with Crippen LogP contribution in [0.25, 0.3) is 0 Å². The lowest BCUT2D eigenvalue weighted by molar-refractivity contribution is -0.123. The Bertz CT molecular complexity index is 759. The van der Waals surface area contributed by atoms with E-state index in [1.807, 2.05) is 30.3 Å². The predicted octanol–water partition coefficient (Wildman–Crippen LogP) is 3.50. The Hall–Kier alpha value is -2.82. The van der Waals surface area contributed by atoms with Crippen molar-refractivity contribution in [1.82, 2.24) is 5.32 Å². The third kappa shape index (κ3) is 5.09. The number of ether oxygens (including phenoxy) is 1. The number of carbonyl (C=O) groups excluding carboxylic acids is 2. The molecule has 2 aromatic rings. The van der Waals surface area contributed by atoms with Gasteiger partial charge in [0.2, 0.25) is 5.91 Å². The van der Waals surface area contributed by atoms with Crippen molar-refractivity contribution in [2.24, 2.45) is 0 Å². The topological polar surface area (TPSA) is 58.6 Å². The zero-order chi connectivity index (χ0) is 19.1. The van der Waals surface area contributed by atoms with Crippen molar-refractivity contribution in [3.8, 4) is 5.75 Å². The van der Waals surface area contributed by atoms with Crippen LogP contribution in [0.4, 0.5) is 5.69 Å². The van der Waals surface area contributed by atoms with E-state index < -0.39 is 0 Å². The van der Waals surface area contributed by atoms with E-state index in [-0.39, 0.29) is 18.4 Å². The largest absolute Gasteiger partial charge is 0.484 e. The summed E-state index contributed by atoms with van der Waals surface area (Å²) in [5.41, 5.74) is 2.11. The number of nitrogens with one attached hydrogen (secondary N) is 1. The highest BCUT2D eigenvalue weighted by Gasteiger charge is 2.21. The standard InChI is InChI=1S/C22H26N2O3/c1-2-17(18-7-4-3-5-8-18)15-23-21(25)16-27-20-12-10-19(11-13-20)24-14-6-9-22(24)26/h3-5,7-8,10-13,17H,2,6,9,14-16H2,1H3,(H,23,25). The van der Waals surface area contributed by atoms with Gasteiger partial charge in [0.25, 0.3) is 5.91 Å². The molecule has 0 aliphatic carbocycles. The Morgan fingerprint density at radius 3 is 2.52 bits per heavy atom. The van der Waals surface area contributed by atoms with Gasteiger partial charge in [-0.25, -0.2) is 0 Å². The maximum absolute atomic E-state index is 12.1. The minimum atomic E-state index is -0.136. The average Bonchev–Trinajstić information content (AvgIpc) is 3.14. The normalized spacial score (nSPS) is 14.9. The van der Waals surface area contributed by atoms with Crippen LogP contribution in [0.5, 0.6) is 5.75 Å². The molecule has 1 N–H and O–H groups in total. The van der Waals surface area contributed by atoms with Gasteiger partial charge < -0.3 is 15.0 Å². The van der Waals surface area contributed by atoms with Crippen LogP contribution in [0, 0.1) is 0 Å². The maximum atomic E-state index is 12.1. The summed E-state index contributed by atoms with van der Waals surface area (Å²) in [5, 5.41) is 2.95. The van der Waals surface area contributed by atoms with Gasteiger partial charge in [0.1, 0.15) is 5.75 Å². The molecule has 1 unspecified atom stereocenters. The Labute approximate surface area is 160 Å². The zero-order valence-corrected chi connectivity index (χ0v) is 15.7. The highest BCUT2D eigenvalue weighted by atomic mass is 16.5. The minimum Gasteiger partial charge on any atom is -0.484 e. The molecule has 0 bridgehead atoms. The molecule has 1 atom stereocenters. The molecule has 1 heterocycles. The van der Waals surface area contributed by atoms with Crippen LogP contribution in [0.1, 0.15) is 37.7 Å². The lowest BCUT2D eigenvalue weighted by atomic mass is 9.96. The van der Waals surface area contributed by atoms with Gasteiger partial charge in [-0.2, -0.15) is 0 Å². The lowest BCUT2D eigenvalue weighted by Gasteiger charge is -2.17. The fourth-order valence-electron chi connectivity index (χ4n) is 3.30. The van der Waals surface area contributed by atoms with Crippen molar-refractivity contribution in [2.75, 3.05) is 24.6 Å². The molecule has 1 saturated heterocycles. The van der Waals surface area contributed by atoms with Crippen LogP contribution in [-0.4, -0.2) is 31.5 Å². The first-order chi connectivity index (χ1) is 13.2. The van der Waals surface area contributed by atoms with Gasteiger partial charge in [0, 0.05) is 31.1 Å². The molecule has 1 aliphatic heterocycles. The Balaban J connectivity index is 1.45. The maximum Gasteiger partial charge on any atom is 0.257 e. The number of carbonyl (C=O) groups is 2. The summed E-state index contributed by atoms with van der Waals surface area (Å²) < 4.78 is 5.57. The number of benzene rings is 2. The van der Waals surface area contributed by atoms with E-state index in [1.165, 1.54) is 5.56 Å². The van der Waals surface area contributed by atoms with E-state index in [0.717, 1.165) is 25.1 Å². The molecule has 1 aliphatic rings. The van der Waals surface area contributed by atoms with E-state index in [1.54, 1.807) is 17.0 Å². The number of nitrogens with zero attached hydrogens (tertiary/aromatic N) is 1. The van der Waals surface area contributed by atoms with Gasteiger partial charge in [-0.15, -0.1) is 0 Å². The van der Waals surface area contributed by atoms with Crippen LogP contribution in [0.2, 0.25) is 0 Å². The van der Waals surface area contributed by atoms with Crippen molar-refractivity contribution in [3.05, 3.63) is 60.2 Å². The first-order valence-electron chi connectivity index (χ1n) is 9.52. The molecule has 2 aromatic carbocycles. The van der Waals surface area contributed by atoms with Crippen molar-refractivity contribution in [1.29, 1.82) is 0 Å². The predicted molar refractivity (Wildman–Crippen MR) is 106 cm³/mol. The van der Waals surface area contributed by atoms with Crippen molar-refractivity contribution in [2.45, 2.75) is 32.1 Å². The van der Waals surface area contributed by atoms with Crippen LogP contribution >= 0.6 is 0 Å². The van der Waals surface area contributed by atoms with Crippen molar-refractivity contribution >= 4 is 17.5 Å². The van der Waals surface area contributed by atoms with Crippen LogP contribution in [0.15, 0.2) is 54.6 Å². The van der Waals surface area contributed by atoms with E-state index in [2.05, 4.69) is 24.4 Å². The third-order valence-corrected chi connectivity index (χ3v) is 4.90. The van der Waals surface area contributed by atoms with Crippen LogP contribution < -0.4 is 15.0 Å². The molecule has 5 nitrogen and oxygen atoms in total. The van der Waals surface area contributed by atoms with Crippen LogP contribution in [0.3, 0.4) is 0 Å². The summed E-state index contributed by atoms with van der Waals surface area (Å²) in [6.45, 7) is 3.46. The van der Waals surface area contributed by atoms with Crippen molar-refractivity contribution in [3.63, 3.8) is 0 Å². The second-order valence-corrected chi connectivity index (χ2v) is 6.75. The van der Waals surface area contributed by atoms with Gasteiger partial charge >= 0.3 is 0 Å². The quantitative estimate of drug-likeness (QED) is 0.778. The molecule has 0 saturated carbocycles. The fraction of sp³-hybridized carbons (Fsp3) is 0.364. The van der Waals surface area contributed by atoms with Gasteiger partial charge in [-0.05, 0) is 42.7 Å². The third-order valence-electron chi connectivity index (χ3n) is 4.90. The number of rotatable bonds is 8. The summed E-state index contributed by atoms with van der Waals surface area (Å²) in [6, 6.07) is 17.5. The molecule has 3 rings (SSSR count). The highest BCUT2D eigenvalue weighted by Crippen LogP contribution is 2.24. The Morgan fingerprint density at radius 2 is 1.89 bits per heavy atom. The summed E-state index contributed by atoms with van der Waals surface area (Å²) in [4.78, 5) is 25.7. The summed E-state index contributed by atoms with van der Waals surface area (Å²) in [5.74, 6) is 0.943. The number of anilines is 1. The summed E-state index contributed by atoms with van der Waals surface area (Å²) in [7, 11) is 0. The molecule has 2 amide bonds. The van der Waals surface area contributed by atoms with Crippen LogP contribution in [-0.2, 0) is 9.59 Å². The van der Waals surface area contributed by atoms with E-state index in [9.17, 15) is 9.59 Å². The van der Waals surface area contributed by atoms with Gasteiger partial charge in [-0.1, -0.05) is 37.3 Å². The summed E-state index contributed by atoms with van der Waals surface area (Å²) >= 11 is 0. The molecule has 142 valence electrons. The summed E-state index contributed by atoms with van der Waals surface area (Å²) in [6.07, 6.45) is 2.47. The molecular formula is C22H26N2O3. The van der Waals surface area contributed by atoms with Gasteiger partial charge in [-0.3, -0.25) is 9.59 Å². The van der Waals surface area contributed by atoms with Gasteiger partial charge in [0.15, 0.2) is 6.61 Å². The Morgan fingerprint density at radius 1 is 1.15 bits per heavy atom. The van der Waals surface area contributed by atoms with Gasteiger partial charge in [0.05, 0.1) is 0 Å². The Kier molecular flexibility index (Phi) is 6.47. The fourth-order valence-corrected chi connectivity index (χ4v) is 3.30. The second-order valence-electron chi connectivity index (χ2n) is 6.75. The SMILES string of the molecule is CCC(CNC(=O)COc1ccc(N2CCCC2=O)cc1)c1ccccc1. The molecule has 0 radical (unpaired) electrons. The monoisotopic (exact) mass is 366 g/mol. The number of amides is 2. The molecular weight excluding hydrogens is 340 g/mol. The second kappa shape index (κ2) is 9.21. The lowest BCUT2D eigenvalue weighted by Crippen LogP contribution is -2.32. The van der Waals surface area contributed by atoms with Crippen molar-refractivity contribution < 1.29 is 14.3 Å². The first kappa shape index (κ1) is 19.0. The molecule has 27 heavy (non-hydrogen) atoms. The molecule has 5 heteroatoms. The zero-order valence-electron chi connectivity index (χ0n) is 15.7. The highest BCUT2D eigenvalue weighted by molar-refractivity contribution is 5.95. The smallest absolute Gasteiger partial charge is 0.257 e. The number of hydrogen-bond acceptors (Lipinski definition) is 3. The van der Waals surface area contributed by atoms with E-state index >= 15 is 0 Å². The molecule has 0 aromatic heterocycles. The van der Waals surface area contributed by atoms with E-state index in [4.69, 9.17) is 4.74 Å². The molecule has 0 spiro atoms. The van der Waals surface area contributed by atoms with E-state index in [0.29, 0.717) is 24.6 Å². The number of hydrogen-bond donors (Lipinski definition) is 1. The molecule has 1 fully saturated rings.